The molecule has 3 aromatic heterocycles. The minimum atomic E-state index is -0.496. The molecule has 0 unspecified atom stereocenters. The highest BCUT2D eigenvalue weighted by Crippen LogP contribution is 2.10. The first-order valence-corrected chi connectivity index (χ1v) is 7.19. The Morgan fingerprint density at radius 1 is 1.17 bits per heavy atom. The molecule has 0 saturated heterocycles. The van der Waals surface area contributed by atoms with E-state index in [2.05, 4.69) is 15.3 Å². The maximum absolute atomic E-state index is 12.3. The van der Waals surface area contributed by atoms with Gasteiger partial charge in [-0.05, 0) is 25.1 Å². The maximum Gasteiger partial charge on any atom is 0.332 e. The number of anilines is 1. The Morgan fingerprint density at radius 3 is 2.62 bits per heavy atom. The molecule has 3 rings (SSSR count). The first-order valence-electron chi connectivity index (χ1n) is 7.19. The Morgan fingerprint density at radius 2 is 1.92 bits per heavy atom. The number of fused-ring (bicyclic) bond motifs is 1. The van der Waals surface area contributed by atoms with Gasteiger partial charge in [0.25, 0.3) is 11.5 Å². The summed E-state index contributed by atoms with van der Waals surface area (Å²) in [7, 11) is 2.90. The number of hydrogen-bond donors (Lipinski definition) is 1. The molecular formula is C16H15N5O3. The van der Waals surface area contributed by atoms with E-state index in [4.69, 9.17) is 0 Å². The van der Waals surface area contributed by atoms with Crippen molar-refractivity contribution >= 4 is 22.8 Å². The van der Waals surface area contributed by atoms with Gasteiger partial charge in [0.2, 0.25) is 0 Å². The highest BCUT2D eigenvalue weighted by Gasteiger charge is 2.14. The monoisotopic (exact) mass is 325 g/mol. The minimum Gasteiger partial charge on any atom is -0.307 e. The molecule has 0 spiro atoms. The third-order valence-corrected chi connectivity index (χ3v) is 3.69. The number of nitrogens with zero attached hydrogens (tertiary/aromatic N) is 4. The minimum absolute atomic E-state index is 0.199. The summed E-state index contributed by atoms with van der Waals surface area (Å²) in [6.07, 6.45) is 1.33. The lowest BCUT2D eigenvalue weighted by Crippen LogP contribution is -2.37. The maximum atomic E-state index is 12.3. The van der Waals surface area contributed by atoms with Crippen LogP contribution in [0.5, 0.6) is 0 Å². The van der Waals surface area contributed by atoms with Gasteiger partial charge in [-0.25, -0.2) is 14.8 Å². The van der Waals surface area contributed by atoms with Gasteiger partial charge in [-0.2, -0.15) is 0 Å². The zero-order valence-electron chi connectivity index (χ0n) is 13.4. The second kappa shape index (κ2) is 5.73. The standard InChI is InChI=1S/C16H15N5O3/c1-9-5-4-6-12(18-9)19-14(22)10-7-11-13(17-8-10)20(2)16(24)21(3)15(11)23/h4-8H,1-3H3,(H,18,19,22). The van der Waals surface area contributed by atoms with Gasteiger partial charge in [-0.1, -0.05) is 6.07 Å². The zero-order chi connectivity index (χ0) is 17.4. The Bertz CT molecular complexity index is 1080. The number of hydrogen-bond acceptors (Lipinski definition) is 5. The van der Waals surface area contributed by atoms with Crippen LogP contribution in [0.4, 0.5) is 5.82 Å². The molecule has 3 heterocycles. The van der Waals surface area contributed by atoms with Crippen LogP contribution in [0.2, 0.25) is 0 Å². The summed E-state index contributed by atoms with van der Waals surface area (Å²) in [6.45, 7) is 1.82. The topological polar surface area (TPSA) is 98.9 Å². The van der Waals surface area contributed by atoms with Crippen molar-refractivity contribution in [2.45, 2.75) is 6.92 Å². The Labute approximate surface area is 136 Å². The molecule has 0 fully saturated rings. The molecule has 0 aliphatic heterocycles. The second-order valence-corrected chi connectivity index (χ2v) is 5.42. The quantitative estimate of drug-likeness (QED) is 0.743. The van der Waals surface area contributed by atoms with Crippen LogP contribution in [-0.2, 0) is 14.1 Å². The smallest absolute Gasteiger partial charge is 0.307 e. The molecule has 0 atom stereocenters. The molecule has 0 radical (unpaired) electrons. The average molecular weight is 325 g/mol. The fraction of sp³-hybridized carbons (Fsp3) is 0.188. The van der Waals surface area contributed by atoms with Crippen molar-refractivity contribution in [3.63, 3.8) is 0 Å². The van der Waals surface area contributed by atoms with Gasteiger partial charge in [-0.15, -0.1) is 0 Å². The average Bonchev–Trinajstić information content (AvgIpc) is 2.57. The number of carbonyl (C=O) groups is 1. The molecule has 1 N–H and O–H groups in total. The lowest BCUT2D eigenvalue weighted by molar-refractivity contribution is 0.102. The number of pyridine rings is 2. The van der Waals surface area contributed by atoms with E-state index < -0.39 is 17.2 Å². The number of rotatable bonds is 2. The second-order valence-electron chi connectivity index (χ2n) is 5.42. The normalized spacial score (nSPS) is 10.8. The number of aromatic nitrogens is 4. The molecule has 0 aliphatic carbocycles. The number of nitrogens with one attached hydrogen (secondary N) is 1. The summed E-state index contributed by atoms with van der Waals surface area (Å²) in [5.74, 6) is -0.0214. The summed E-state index contributed by atoms with van der Waals surface area (Å²) >= 11 is 0. The van der Waals surface area contributed by atoms with Crippen LogP contribution in [0.3, 0.4) is 0 Å². The van der Waals surface area contributed by atoms with E-state index in [0.29, 0.717) is 5.82 Å². The summed E-state index contributed by atoms with van der Waals surface area (Å²) < 4.78 is 2.24. The van der Waals surface area contributed by atoms with Crippen molar-refractivity contribution in [1.82, 2.24) is 19.1 Å². The summed E-state index contributed by atoms with van der Waals surface area (Å²) in [4.78, 5) is 44.8. The van der Waals surface area contributed by atoms with E-state index >= 15 is 0 Å². The molecule has 3 aromatic rings. The summed E-state index contributed by atoms with van der Waals surface area (Å²) in [5.41, 5.74) is 0.244. The first kappa shape index (κ1) is 15.6. The van der Waals surface area contributed by atoms with Crippen molar-refractivity contribution in [3.8, 4) is 0 Å². The highest BCUT2D eigenvalue weighted by atomic mass is 16.2. The van der Waals surface area contributed by atoms with Gasteiger partial charge >= 0.3 is 5.69 Å². The molecule has 122 valence electrons. The van der Waals surface area contributed by atoms with Gasteiger partial charge in [0, 0.05) is 26.0 Å². The largest absolute Gasteiger partial charge is 0.332 e. The van der Waals surface area contributed by atoms with Crippen LogP contribution in [0, 0.1) is 6.92 Å². The van der Waals surface area contributed by atoms with Crippen molar-refractivity contribution < 1.29 is 4.79 Å². The van der Waals surface area contributed by atoms with Crippen molar-refractivity contribution in [2.75, 3.05) is 5.32 Å². The molecule has 0 aromatic carbocycles. The molecule has 1 amide bonds. The van der Waals surface area contributed by atoms with Gasteiger partial charge in [0.15, 0.2) is 0 Å². The first-order chi connectivity index (χ1) is 11.4. The molecule has 0 saturated carbocycles. The van der Waals surface area contributed by atoms with E-state index in [-0.39, 0.29) is 16.6 Å². The van der Waals surface area contributed by atoms with Gasteiger partial charge in [-0.3, -0.25) is 18.7 Å². The van der Waals surface area contributed by atoms with Crippen molar-refractivity contribution in [1.29, 1.82) is 0 Å². The Balaban J connectivity index is 2.06. The van der Waals surface area contributed by atoms with E-state index in [0.717, 1.165) is 10.3 Å². The molecular weight excluding hydrogens is 310 g/mol. The van der Waals surface area contributed by atoms with Crippen molar-refractivity contribution in [2.24, 2.45) is 14.1 Å². The van der Waals surface area contributed by atoms with Crippen LogP contribution >= 0.6 is 0 Å². The fourth-order valence-corrected chi connectivity index (χ4v) is 2.39. The zero-order valence-corrected chi connectivity index (χ0v) is 13.4. The van der Waals surface area contributed by atoms with Crippen LogP contribution < -0.4 is 16.6 Å². The van der Waals surface area contributed by atoms with Crippen LogP contribution in [0.25, 0.3) is 11.0 Å². The van der Waals surface area contributed by atoms with Gasteiger partial charge < -0.3 is 5.32 Å². The fourth-order valence-electron chi connectivity index (χ4n) is 2.39. The van der Waals surface area contributed by atoms with Crippen LogP contribution in [-0.4, -0.2) is 25.0 Å². The Hall–Kier alpha value is -3.29. The van der Waals surface area contributed by atoms with Gasteiger partial charge in [0.05, 0.1) is 10.9 Å². The third-order valence-electron chi connectivity index (χ3n) is 3.69. The highest BCUT2D eigenvalue weighted by molar-refractivity contribution is 6.05. The van der Waals surface area contributed by atoms with E-state index in [1.54, 1.807) is 12.1 Å². The lowest BCUT2D eigenvalue weighted by atomic mass is 10.2. The van der Waals surface area contributed by atoms with Crippen LogP contribution in [0.1, 0.15) is 16.1 Å². The number of carbonyl (C=O) groups excluding carboxylic acids is 1. The van der Waals surface area contributed by atoms with Gasteiger partial charge in [0.1, 0.15) is 11.5 Å². The SMILES string of the molecule is Cc1cccc(NC(=O)c2cnc3c(c2)c(=O)n(C)c(=O)n3C)n1. The number of amides is 1. The summed E-state index contributed by atoms with van der Waals surface area (Å²) in [5, 5.41) is 2.85. The molecule has 0 aliphatic rings. The lowest BCUT2D eigenvalue weighted by Gasteiger charge is -2.08. The summed E-state index contributed by atoms with van der Waals surface area (Å²) in [6, 6.07) is 6.69. The number of aryl methyl sites for hydroxylation is 2. The Kier molecular flexibility index (Phi) is 3.72. The molecule has 24 heavy (non-hydrogen) atoms. The predicted molar refractivity (Wildman–Crippen MR) is 89.2 cm³/mol. The predicted octanol–water partition coefficient (Wildman–Crippen LogP) is 0.588. The van der Waals surface area contributed by atoms with E-state index in [1.165, 1.54) is 30.9 Å². The van der Waals surface area contributed by atoms with Crippen molar-refractivity contribution in [3.05, 3.63) is 62.6 Å². The van der Waals surface area contributed by atoms with Crippen LogP contribution in [0.15, 0.2) is 40.1 Å². The van der Waals surface area contributed by atoms with E-state index in [1.807, 2.05) is 13.0 Å². The molecule has 8 heteroatoms. The molecule has 0 bridgehead atoms. The van der Waals surface area contributed by atoms with E-state index in [9.17, 15) is 14.4 Å². The third kappa shape index (κ3) is 2.58. The molecule has 8 nitrogen and oxygen atoms in total.